The van der Waals surface area contributed by atoms with E-state index in [2.05, 4.69) is 30.7 Å². The van der Waals surface area contributed by atoms with Crippen molar-refractivity contribution in [2.45, 2.75) is 5.54 Å². The second kappa shape index (κ2) is 8.49. The number of urea groups is 1. The molecule has 9 nitrogen and oxygen atoms in total. The molecule has 1 saturated heterocycles. The van der Waals surface area contributed by atoms with Crippen LogP contribution in [-0.2, 0) is 17.3 Å². The average Bonchev–Trinajstić information content (AvgIpc) is 3.56. The highest BCUT2D eigenvalue weighted by Gasteiger charge is 2.44. The van der Waals surface area contributed by atoms with E-state index in [-0.39, 0.29) is 6.03 Å². The maximum absolute atomic E-state index is 12.7. The molecule has 11 heteroatoms. The lowest BCUT2D eigenvalue weighted by Gasteiger charge is -2.40. The second-order valence-electron chi connectivity index (χ2n) is 8.38. The molecule has 176 valence electrons. The van der Waals surface area contributed by atoms with Crippen LogP contribution in [0.15, 0.2) is 61.2 Å². The fraction of sp³-hybridized carbons (Fsp3) is 0.167. The van der Waals surface area contributed by atoms with Crippen LogP contribution in [0.5, 0.6) is 0 Å². The maximum Gasteiger partial charge on any atom is 0.320 e. The van der Waals surface area contributed by atoms with Gasteiger partial charge in [-0.05, 0) is 18.2 Å². The molecule has 0 aliphatic carbocycles. The number of nitrogens with one attached hydrogen (secondary N) is 3. The Bertz CT molecular complexity index is 1540. The van der Waals surface area contributed by atoms with Crippen molar-refractivity contribution < 1.29 is 9.53 Å². The van der Waals surface area contributed by atoms with Gasteiger partial charge in [-0.2, -0.15) is 5.10 Å². The van der Waals surface area contributed by atoms with E-state index in [9.17, 15) is 4.79 Å². The van der Waals surface area contributed by atoms with E-state index in [1.54, 1.807) is 23.3 Å². The highest BCUT2D eigenvalue weighted by atomic mass is 35.5. The summed E-state index contributed by atoms with van der Waals surface area (Å²) in [6.07, 6.45) is 7.15. The van der Waals surface area contributed by atoms with E-state index in [1.807, 2.05) is 49.6 Å². The number of carbonyl (C=O) groups excluding carboxylic acids is 1. The smallest absolute Gasteiger partial charge is 0.320 e. The Morgan fingerprint density at radius 2 is 2.03 bits per heavy atom. The first kappa shape index (κ1) is 21.8. The van der Waals surface area contributed by atoms with Gasteiger partial charge in [-0.1, -0.05) is 29.8 Å². The number of amides is 2. The number of ether oxygens (including phenoxy) is 1. The lowest BCUT2D eigenvalue weighted by atomic mass is 9.99. The van der Waals surface area contributed by atoms with Crippen molar-refractivity contribution in [1.82, 2.24) is 30.0 Å². The quantitative estimate of drug-likeness (QED) is 0.318. The molecular weight excluding hydrogens is 486 g/mol. The Labute approximate surface area is 209 Å². The van der Waals surface area contributed by atoms with Crippen LogP contribution >= 0.6 is 22.9 Å². The van der Waals surface area contributed by atoms with E-state index in [0.29, 0.717) is 23.9 Å². The summed E-state index contributed by atoms with van der Waals surface area (Å²) in [5, 5.41) is 12.3. The minimum Gasteiger partial charge on any atom is -0.375 e. The van der Waals surface area contributed by atoms with Gasteiger partial charge < -0.3 is 20.4 Å². The van der Waals surface area contributed by atoms with Crippen molar-refractivity contribution in [2.24, 2.45) is 7.05 Å². The molecule has 0 radical (unpaired) electrons. The van der Waals surface area contributed by atoms with Crippen molar-refractivity contribution in [3.05, 3.63) is 71.2 Å². The van der Waals surface area contributed by atoms with E-state index in [4.69, 9.17) is 16.3 Å². The number of hydrogen-bond donors (Lipinski definition) is 3. The predicted octanol–water partition coefficient (Wildman–Crippen LogP) is 4.79. The first-order chi connectivity index (χ1) is 17.0. The van der Waals surface area contributed by atoms with Crippen LogP contribution in [0, 0.1) is 0 Å². The standard InChI is InChI=1S/C24H20ClN7O2S/c1-32-11-14(8-28-32)18-7-16-20(17(25)9-26-21(16)30-18)19-10-27-22(35-19)24(12-34-13-24)31-23(33)29-15-5-3-2-4-6-15/h2-11H,12-13H2,1H3,(H,26,30)(H2,29,31,33). The van der Waals surface area contributed by atoms with Crippen LogP contribution in [0.3, 0.4) is 0 Å². The van der Waals surface area contributed by atoms with Crippen LogP contribution in [0.25, 0.3) is 32.7 Å². The van der Waals surface area contributed by atoms with Gasteiger partial charge in [0.15, 0.2) is 0 Å². The molecule has 6 rings (SSSR count). The summed E-state index contributed by atoms with van der Waals surface area (Å²) in [6, 6.07) is 11.0. The van der Waals surface area contributed by atoms with Gasteiger partial charge in [-0.15, -0.1) is 11.3 Å². The number of anilines is 1. The summed E-state index contributed by atoms with van der Waals surface area (Å²) in [5.41, 5.74) is 3.44. The first-order valence-corrected chi connectivity index (χ1v) is 12.1. The number of aromatic amines is 1. The van der Waals surface area contributed by atoms with E-state index >= 15 is 0 Å². The fourth-order valence-corrected chi connectivity index (χ4v) is 5.50. The van der Waals surface area contributed by atoms with Crippen LogP contribution < -0.4 is 10.6 Å². The maximum atomic E-state index is 12.7. The molecular formula is C24H20ClN7O2S. The Hall–Kier alpha value is -3.73. The lowest BCUT2D eigenvalue weighted by Crippen LogP contribution is -2.60. The normalized spacial score (nSPS) is 14.6. The van der Waals surface area contributed by atoms with Crippen molar-refractivity contribution in [3.8, 4) is 21.7 Å². The Balaban J connectivity index is 1.32. The van der Waals surface area contributed by atoms with Crippen LogP contribution in [0.1, 0.15) is 5.01 Å². The van der Waals surface area contributed by atoms with E-state index < -0.39 is 5.54 Å². The number of benzene rings is 1. The number of rotatable bonds is 5. The molecule has 5 heterocycles. The molecule has 0 saturated carbocycles. The number of H-pyrrole nitrogens is 1. The largest absolute Gasteiger partial charge is 0.375 e. The van der Waals surface area contributed by atoms with E-state index in [0.717, 1.165) is 37.7 Å². The topological polar surface area (TPSA) is 110 Å². The number of pyridine rings is 1. The van der Waals surface area contributed by atoms with Gasteiger partial charge in [0.25, 0.3) is 0 Å². The number of aromatic nitrogens is 5. The Kier molecular flexibility index (Phi) is 5.28. The average molecular weight is 506 g/mol. The number of thiazole rings is 1. The van der Waals surface area contributed by atoms with Gasteiger partial charge in [-0.3, -0.25) is 4.68 Å². The molecule has 1 aromatic carbocycles. The zero-order valence-corrected chi connectivity index (χ0v) is 20.2. The molecule has 0 atom stereocenters. The third-order valence-corrected chi connectivity index (χ3v) is 7.38. The minimum absolute atomic E-state index is 0.313. The molecule has 1 fully saturated rings. The Morgan fingerprint density at radius 1 is 1.20 bits per heavy atom. The van der Waals surface area contributed by atoms with Gasteiger partial charge in [0.05, 0.1) is 35.0 Å². The number of hydrogen-bond acceptors (Lipinski definition) is 6. The first-order valence-electron chi connectivity index (χ1n) is 10.9. The molecule has 3 N–H and O–H groups in total. The Morgan fingerprint density at radius 3 is 2.74 bits per heavy atom. The zero-order chi connectivity index (χ0) is 24.0. The summed E-state index contributed by atoms with van der Waals surface area (Å²) in [7, 11) is 1.87. The third kappa shape index (κ3) is 3.95. The molecule has 2 amide bonds. The lowest BCUT2D eigenvalue weighted by molar-refractivity contribution is -0.0710. The summed E-state index contributed by atoms with van der Waals surface area (Å²) >= 11 is 8.10. The number of aryl methyl sites for hydroxylation is 1. The minimum atomic E-state index is -0.695. The summed E-state index contributed by atoms with van der Waals surface area (Å²) in [4.78, 5) is 26.0. The van der Waals surface area contributed by atoms with Gasteiger partial charge in [0.1, 0.15) is 16.2 Å². The SMILES string of the molecule is Cn1cc(-c2cc3c(-c4cnc(C5(NC(=O)Nc6ccccc6)COC5)s4)c(Cl)cnc3[nH]2)cn1. The van der Waals surface area contributed by atoms with Crippen LogP contribution in [0.2, 0.25) is 5.02 Å². The number of nitrogens with zero attached hydrogens (tertiary/aromatic N) is 4. The van der Waals surface area contributed by atoms with Crippen molar-refractivity contribution >= 4 is 45.7 Å². The number of carbonyl (C=O) groups is 1. The molecule has 5 aromatic rings. The van der Waals surface area contributed by atoms with Gasteiger partial charge in [-0.25, -0.2) is 14.8 Å². The molecule has 1 aliphatic rings. The second-order valence-corrected chi connectivity index (χ2v) is 9.82. The zero-order valence-electron chi connectivity index (χ0n) is 18.6. The predicted molar refractivity (Wildman–Crippen MR) is 136 cm³/mol. The summed E-state index contributed by atoms with van der Waals surface area (Å²) < 4.78 is 7.23. The van der Waals surface area contributed by atoms with Gasteiger partial charge >= 0.3 is 6.03 Å². The van der Waals surface area contributed by atoms with Crippen LogP contribution in [-0.4, -0.2) is 44.0 Å². The monoisotopic (exact) mass is 505 g/mol. The molecule has 0 bridgehead atoms. The molecule has 1 aliphatic heterocycles. The van der Waals surface area contributed by atoms with Crippen LogP contribution in [0.4, 0.5) is 10.5 Å². The van der Waals surface area contributed by atoms with Crippen molar-refractivity contribution in [2.75, 3.05) is 18.5 Å². The number of halogens is 1. The van der Waals surface area contributed by atoms with Gasteiger partial charge in [0, 0.05) is 47.8 Å². The summed E-state index contributed by atoms with van der Waals surface area (Å²) in [6.45, 7) is 0.688. The highest BCUT2D eigenvalue weighted by molar-refractivity contribution is 7.15. The van der Waals surface area contributed by atoms with E-state index in [1.165, 1.54) is 11.3 Å². The number of para-hydroxylation sites is 1. The molecule has 0 spiro atoms. The third-order valence-electron chi connectivity index (χ3n) is 5.87. The van der Waals surface area contributed by atoms with Crippen molar-refractivity contribution in [1.29, 1.82) is 0 Å². The van der Waals surface area contributed by atoms with Crippen molar-refractivity contribution in [3.63, 3.8) is 0 Å². The molecule has 4 aromatic heterocycles. The molecule has 35 heavy (non-hydrogen) atoms. The summed E-state index contributed by atoms with van der Waals surface area (Å²) in [5.74, 6) is 0. The number of fused-ring (bicyclic) bond motifs is 1. The van der Waals surface area contributed by atoms with Gasteiger partial charge in [0.2, 0.25) is 0 Å². The fourth-order valence-electron chi connectivity index (χ4n) is 4.08. The molecule has 0 unspecified atom stereocenters. The highest BCUT2D eigenvalue weighted by Crippen LogP contribution is 2.42.